The van der Waals surface area contributed by atoms with Gasteiger partial charge in [-0.25, -0.2) is 9.59 Å². The minimum Gasteiger partial charge on any atom is -0.480 e. The average molecular weight is 1920 g/mol. The molecule has 2 aliphatic rings. The first-order valence-electron chi connectivity index (χ1n) is 48.9. The summed E-state index contributed by atoms with van der Waals surface area (Å²) in [7, 11) is 16.0. The van der Waals surface area contributed by atoms with Gasteiger partial charge in [0.2, 0.25) is 35.4 Å². The van der Waals surface area contributed by atoms with Crippen molar-refractivity contribution in [2.75, 3.05) is 83.9 Å². The molecule has 137 heavy (non-hydrogen) atoms. The number of carboxylic acids is 1. The third kappa shape index (κ3) is 37.5. The van der Waals surface area contributed by atoms with Crippen LogP contribution in [-0.4, -0.2) is 280 Å². The van der Waals surface area contributed by atoms with Gasteiger partial charge in [-0.1, -0.05) is 219 Å². The molecule has 18 atom stereocenters. The normalized spacial score (nSPS) is 17.6. The number of Topliss-reactive ketones (excluding diaryl/α,β-unsaturated/α-hetero) is 1. The van der Waals surface area contributed by atoms with Crippen molar-refractivity contribution in [2.24, 2.45) is 59.0 Å². The second-order valence-electron chi connectivity index (χ2n) is 40.7. The number of carbonyl (C=O) groups excluding carboxylic acids is 11. The predicted octanol–water partition coefficient (Wildman–Crippen LogP) is 13.0. The SMILES string of the molecule is CC(C)[C@@H](C(=O)O)N(C)Cc1cccc(CC(=O)OC(C)(C)C)c1.CC[C@H](C)[C@@H]([C@@H](CC(=O)N1CCC[C@H]1[C@H](OC)[C@@H](C)C(=O)N[C@@H](Cc1ccccc1)C(=O)OC)OC)N(C)C(=O)[C@@H](CC(=O)[C@H](C(C)C)N(C)Cc1cccc(CC(=O)OC(C)(C)C)c1)C(C)C.CC[C@H](C)[C@@H]([C@@H](CC(=O)N1CCC[C@H]1[C@H](OC)[C@@H](C)C(=O)N[C@@H](Cc1ccccc1)C(=O)OC)OC)N(C)C(=O)[C@@H](N)C(C)C. The number of aliphatic carboxylic acids is 1. The number of likely N-dealkylation sites (N-methyl/N-ethyl adjacent to an activating group) is 4. The molecule has 6 rings (SSSR count). The van der Waals surface area contributed by atoms with Gasteiger partial charge in [0.25, 0.3) is 0 Å². The van der Waals surface area contributed by atoms with Crippen LogP contribution in [0.1, 0.15) is 230 Å². The molecule has 0 radical (unpaired) electrons. The monoisotopic (exact) mass is 1920 g/mol. The summed E-state index contributed by atoms with van der Waals surface area (Å²) in [6.45, 7) is 40.3. The van der Waals surface area contributed by atoms with E-state index in [2.05, 4.69) is 10.6 Å². The summed E-state index contributed by atoms with van der Waals surface area (Å²) in [5, 5.41) is 15.1. The van der Waals surface area contributed by atoms with Crippen LogP contribution in [0.2, 0.25) is 0 Å². The fraction of sp³-hybridized carbons (Fsp3) is 0.664. The Hall–Kier alpha value is -9.56. The number of nitrogens with two attached hydrogens (primary N) is 1. The largest absolute Gasteiger partial charge is 0.480 e. The number of esters is 4. The lowest BCUT2D eigenvalue weighted by Gasteiger charge is -2.41. The third-order valence-electron chi connectivity index (χ3n) is 26.4. The molecule has 0 aromatic heterocycles. The van der Waals surface area contributed by atoms with Gasteiger partial charge >= 0.3 is 29.8 Å². The molecule has 768 valence electrons. The Bertz CT molecular complexity index is 4440. The van der Waals surface area contributed by atoms with E-state index in [1.54, 1.807) is 68.8 Å². The first-order valence-corrected chi connectivity index (χ1v) is 48.9. The summed E-state index contributed by atoms with van der Waals surface area (Å²) in [4.78, 5) is 170. The molecule has 4 aromatic carbocycles. The minimum absolute atomic E-state index is 0.0113. The second kappa shape index (κ2) is 57.9. The summed E-state index contributed by atoms with van der Waals surface area (Å²) in [5.74, 6) is -6.15. The van der Waals surface area contributed by atoms with E-state index >= 15 is 0 Å². The van der Waals surface area contributed by atoms with Crippen LogP contribution in [0.25, 0.3) is 0 Å². The lowest BCUT2D eigenvalue weighted by atomic mass is 9.83. The first kappa shape index (κ1) is 120. The molecule has 5 N–H and O–H groups in total. The van der Waals surface area contributed by atoms with Crippen LogP contribution in [-0.2, 0) is 134 Å². The highest BCUT2D eigenvalue weighted by Crippen LogP contribution is 2.35. The molecule has 30 nitrogen and oxygen atoms in total. The van der Waals surface area contributed by atoms with Crippen molar-refractivity contribution in [1.29, 1.82) is 0 Å². The van der Waals surface area contributed by atoms with Crippen molar-refractivity contribution in [2.45, 2.75) is 325 Å². The van der Waals surface area contributed by atoms with Crippen LogP contribution < -0.4 is 16.4 Å². The van der Waals surface area contributed by atoms with Crippen molar-refractivity contribution in [3.8, 4) is 0 Å². The zero-order valence-corrected chi connectivity index (χ0v) is 88.0. The summed E-state index contributed by atoms with van der Waals surface area (Å²) < 4.78 is 44.7. The van der Waals surface area contributed by atoms with Crippen LogP contribution in [0.5, 0.6) is 0 Å². The summed E-state index contributed by atoms with van der Waals surface area (Å²) in [6.07, 6.45) is 2.76. The summed E-state index contributed by atoms with van der Waals surface area (Å²) >= 11 is 0. The number of ketones is 1. The molecule has 6 amide bonds. The number of hydrogen-bond acceptors (Lipinski definition) is 23. The lowest BCUT2D eigenvalue weighted by molar-refractivity contribution is -0.155. The van der Waals surface area contributed by atoms with Gasteiger partial charge in [-0.3, -0.25) is 57.7 Å². The van der Waals surface area contributed by atoms with Crippen molar-refractivity contribution in [3.63, 3.8) is 0 Å². The Morgan fingerprint density at radius 3 is 1.12 bits per heavy atom. The maximum absolute atomic E-state index is 14.8. The van der Waals surface area contributed by atoms with Gasteiger partial charge in [0.05, 0.1) is 112 Å². The van der Waals surface area contributed by atoms with Gasteiger partial charge in [0, 0.05) is 93.9 Å². The number of carboxylic acid groups (broad SMARTS) is 1. The van der Waals surface area contributed by atoms with E-state index in [0.717, 1.165) is 46.2 Å². The lowest BCUT2D eigenvalue weighted by Crippen LogP contribution is -2.56. The number of ether oxygens (including phenoxy) is 8. The van der Waals surface area contributed by atoms with E-state index in [1.807, 2.05) is 251 Å². The molecule has 2 aliphatic heterocycles. The molecule has 2 heterocycles. The quantitative estimate of drug-likeness (QED) is 0.0236. The number of nitrogens with one attached hydrogen (secondary N) is 2. The van der Waals surface area contributed by atoms with Crippen molar-refractivity contribution >= 4 is 71.1 Å². The van der Waals surface area contributed by atoms with Gasteiger partial charge < -0.3 is 79.0 Å². The zero-order chi connectivity index (χ0) is 103. The predicted molar refractivity (Wildman–Crippen MR) is 531 cm³/mol. The standard InChI is InChI=1S/C54H84N4O10.C34H56N4O7.C19H29NO4/c1-16-36(6)49(45(65-13)32-46(60)58-27-21-26-43(58)50(66-14)37(7)51(62)55-42(53(64)67-15)29-38-22-18-17-19-23-38)57(12)52(63)41(34(2)3)31-44(59)48(35(4)5)56(11)33-40-25-20-24-39(28-40)30-47(61)68-54(8,9)10;1-10-22(4)30(37(6)33(41)29(35)21(2)3)27(43-7)20-28(39)38-18-14-17-26(38)31(44-8)23(5)32(40)36-25(34(42)45-9)19-24-15-12-11-13-16-24;1-13(2)17(18(22)23)20(6)12-15-9-7-8-14(10-15)11-16(21)24-19(3,4)5/h17-20,22-25,28,34-37,41-43,45,48-50H,16,21,26-27,29-33H2,1-15H3,(H,55,62);11-13,15-16,21-23,25-27,29-31H,10,14,17-20,35H2,1-9H3,(H,36,40);7-10,13,17H,11-12H2,1-6H3,(H,22,23)/t36-,37+,41-,42-,43-,45+,48-,49-,50+;22-,23+,25-,26-,27+,29-,30-,31+;17-/m000/s1. The zero-order valence-electron chi connectivity index (χ0n) is 88.0. The molecule has 0 spiro atoms. The van der Waals surface area contributed by atoms with E-state index in [-0.39, 0.29) is 146 Å². The van der Waals surface area contributed by atoms with E-state index in [4.69, 9.17) is 43.6 Å². The molecule has 2 saturated heterocycles. The molecular weight excluding hydrogens is 1750 g/mol. The van der Waals surface area contributed by atoms with Crippen LogP contribution in [0.3, 0.4) is 0 Å². The Kier molecular flexibility index (Phi) is 50.6. The topological polar surface area (TPSA) is 368 Å². The van der Waals surface area contributed by atoms with Crippen molar-refractivity contribution in [3.05, 3.63) is 143 Å². The van der Waals surface area contributed by atoms with Crippen molar-refractivity contribution in [1.82, 2.24) is 40.0 Å². The second-order valence-corrected chi connectivity index (χ2v) is 40.7. The number of likely N-dealkylation sites (tertiary alicyclic amines) is 2. The average Bonchev–Trinajstić information content (AvgIpc) is 1.75. The van der Waals surface area contributed by atoms with E-state index < -0.39 is 114 Å². The molecule has 2 fully saturated rings. The highest BCUT2D eigenvalue weighted by molar-refractivity contribution is 5.91. The highest BCUT2D eigenvalue weighted by atomic mass is 16.6. The van der Waals surface area contributed by atoms with Gasteiger partial charge in [-0.15, -0.1) is 0 Å². The number of nitrogens with zero attached hydrogens (tertiary/aromatic N) is 6. The number of rotatable bonds is 50. The van der Waals surface area contributed by atoms with Gasteiger partial charge in [-0.05, 0) is 150 Å². The number of hydrogen-bond donors (Lipinski definition) is 4. The fourth-order valence-electron chi connectivity index (χ4n) is 19.0. The molecule has 0 saturated carbocycles. The first-order chi connectivity index (χ1) is 64.3. The smallest absolute Gasteiger partial charge is 0.328 e. The van der Waals surface area contributed by atoms with Crippen LogP contribution in [0.4, 0.5) is 0 Å². The Labute approximate surface area is 818 Å². The Morgan fingerprint density at radius 2 is 0.803 bits per heavy atom. The maximum atomic E-state index is 14.8. The molecule has 4 aromatic rings. The van der Waals surface area contributed by atoms with Gasteiger partial charge in [-0.2, -0.15) is 0 Å². The molecule has 30 heteroatoms. The molecular formula is C107H169N9O21. The minimum atomic E-state index is -0.907. The number of methoxy groups -OCH3 is 6. The molecule has 0 bridgehead atoms. The fourth-order valence-corrected chi connectivity index (χ4v) is 19.0. The summed E-state index contributed by atoms with van der Waals surface area (Å²) in [6, 6.07) is 29.1. The Balaban J connectivity index is 0.000000484. The van der Waals surface area contributed by atoms with Crippen LogP contribution in [0.15, 0.2) is 109 Å². The van der Waals surface area contributed by atoms with E-state index in [9.17, 15) is 62.6 Å². The summed E-state index contributed by atoms with van der Waals surface area (Å²) in [5.41, 5.74) is 10.5. The maximum Gasteiger partial charge on any atom is 0.328 e. The van der Waals surface area contributed by atoms with Crippen molar-refractivity contribution < 1.29 is 101 Å². The third-order valence-corrected chi connectivity index (χ3v) is 26.4. The van der Waals surface area contributed by atoms with Gasteiger partial charge in [0.1, 0.15) is 29.3 Å². The number of benzene rings is 4. The molecule has 0 aliphatic carbocycles. The van der Waals surface area contributed by atoms with Gasteiger partial charge in [0.15, 0.2) is 5.78 Å². The number of amides is 6. The van der Waals surface area contributed by atoms with E-state index in [0.29, 0.717) is 51.9 Å². The van der Waals surface area contributed by atoms with Crippen LogP contribution >= 0.6 is 0 Å². The van der Waals surface area contributed by atoms with Crippen LogP contribution in [0, 0.1) is 53.3 Å². The molecule has 0 unspecified atom stereocenters. The Morgan fingerprint density at radius 1 is 0.453 bits per heavy atom. The number of carbonyl (C=O) groups is 12. The van der Waals surface area contributed by atoms with E-state index in [1.165, 1.54) is 28.4 Å². The highest BCUT2D eigenvalue weighted by Gasteiger charge is 2.47.